The van der Waals surface area contributed by atoms with Crippen molar-refractivity contribution in [3.8, 4) is 17.2 Å². The van der Waals surface area contributed by atoms with Crippen LogP contribution in [0.3, 0.4) is 0 Å². The molecule has 0 bridgehead atoms. The van der Waals surface area contributed by atoms with E-state index in [9.17, 15) is 24.5 Å². The number of hydrogen-bond acceptors (Lipinski definition) is 10. The smallest absolute Gasteiger partial charge is 0.410 e. The van der Waals surface area contributed by atoms with E-state index < -0.39 is 16.3 Å². The first-order valence-corrected chi connectivity index (χ1v) is 16.0. The van der Waals surface area contributed by atoms with Crippen molar-refractivity contribution in [2.75, 3.05) is 52.8 Å². The number of rotatable bonds is 13. The molecule has 13 heteroatoms. The van der Waals surface area contributed by atoms with Crippen LogP contribution in [0.2, 0.25) is 0 Å². The maximum absolute atomic E-state index is 13.8. The summed E-state index contributed by atoms with van der Waals surface area (Å²) in [4.78, 5) is 52.8. The Morgan fingerprint density at radius 3 is 2.16 bits per heavy atom. The van der Waals surface area contributed by atoms with Crippen molar-refractivity contribution in [2.24, 2.45) is 5.92 Å². The number of amides is 2. The molecule has 3 aromatic rings. The van der Waals surface area contributed by atoms with Gasteiger partial charge in [0.1, 0.15) is 28.5 Å². The normalized spacial score (nSPS) is 13.3. The molecule has 0 aliphatic carbocycles. The second-order valence-electron chi connectivity index (χ2n) is 12.7. The maximum Gasteiger partial charge on any atom is 0.410 e. The molecule has 49 heavy (non-hydrogen) atoms. The van der Waals surface area contributed by atoms with Gasteiger partial charge in [0.25, 0.3) is 5.69 Å². The van der Waals surface area contributed by atoms with Crippen molar-refractivity contribution in [3.05, 3.63) is 87.0 Å². The van der Waals surface area contributed by atoms with Gasteiger partial charge in [0.05, 0.1) is 32.8 Å². The Bertz CT molecular complexity index is 1660. The largest absolute Gasteiger partial charge is 0.497 e. The minimum Gasteiger partial charge on any atom is -0.497 e. The van der Waals surface area contributed by atoms with Crippen LogP contribution in [-0.4, -0.2) is 80.7 Å². The summed E-state index contributed by atoms with van der Waals surface area (Å²) < 4.78 is 21.5. The molecule has 0 unspecified atom stereocenters. The van der Waals surface area contributed by atoms with Gasteiger partial charge in [0.15, 0.2) is 5.78 Å². The highest BCUT2D eigenvalue weighted by atomic mass is 16.6. The Morgan fingerprint density at radius 1 is 0.918 bits per heavy atom. The van der Waals surface area contributed by atoms with Crippen LogP contribution in [0.25, 0.3) is 0 Å². The molecule has 0 spiro atoms. The van der Waals surface area contributed by atoms with Gasteiger partial charge in [-0.1, -0.05) is 6.07 Å². The van der Waals surface area contributed by atoms with Gasteiger partial charge in [-0.05, 0) is 87.6 Å². The first-order valence-electron chi connectivity index (χ1n) is 16.0. The average Bonchev–Trinajstić information content (AvgIpc) is 3.09. The summed E-state index contributed by atoms with van der Waals surface area (Å²) in [5.41, 5.74) is 0.440. The molecule has 0 atom stereocenters. The van der Waals surface area contributed by atoms with Gasteiger partial charge in [0.2, 0.25) is 5.91 Å². The lowest BCUT2D eigenvalue weighted by molar-refractivity contribution is -0.384. The van der Waals surface area contributed by atoms with E-state index in [1.807, 2.05) is 20.8 Å². The third-order valence-electron chi connectivity index (χ3n) is 8.22. The van der Waals surface area contributed by atoms with Crippen molar-refractivity contribution in [1.82, 2.24) is 10.2 Å². The molecule has 0 aromatic heterocycles. The SMILES string of the molecule is COc1ccc(C(=O)c2ccc(NCC(=O)NCC3CCN(C(=O)OC(C)(C)C)CC3)c([N+](=O)[O-])c2Cc2ccc(OC)cc2OC)cc1. The minimum atomic E-state index is -0.570. The van der Waals surface area contributed by atoms with E-state index in [2.05, 4.69) is 10.6 Å². The fourth-order valence-corrected chi connectivity index (χ4v) is 5.61. The number of ketones is 1. The molecule has 1 saturated heterocycles. The third-order valence-corrected chi connectivity index (χ3v) is 8.22. The number of likely N-dealkylation sites (tertiary alicyclic amines) is 1. The number of carbonyl (C=O) groups excluding carboxylic acids is 3. The number of methoxy groups -OCH3 is 3. The van der Waals surface area contributed by atoms with Crippen LogP contribution in [0, 0.1) is 16.0 Å². The molecule has 1 fully saturated rings. The zero-order valence-electron chi connectivity index (χ0n) is 28.8. The Labute approximate surface area is 286 Å². The molecule has 2 N–H and O–H groups in total. The quantitative estimate of drug-likeness (QED) is 0.132. The predicted molar refractivity (Wildman–Crippen MR) is 184 cm³/mol. The van der Waals surface area contributed by atoms with Crippen molar-refractivity contribution in [1.29, 1.82) is 0 Å². The summed E-state index contributed by atoms with van der Waals surface area (Å²) in [6, 6.07) is 14.6. The van der Waals surface area contributed by atoms with Gasteiger partial charge in [-0.25, -0.2) is 4.79 Å². The van der Waals surface area contributed by atoms with E-state index in [1.165, 1.54) is 33.5 Å². The number of hydrogen-bond donors (Lipinski definition) is 2. The molecule has 4 rings (SSSR count). The van der Waals surface area contributed by atoms with Crippen LogP contribution in [0.4, 0.5) is 16.2 Å². The monoisotopic (exact) mass is 676 g/mol. The van der Waals surface area contributed by atoms with E-state index in [-0.39, 0.29) is 53.4 Å². The highest BCUT2D eigenvalue weighted by molar-refractivity contribution is 6.11. The lowest BCUT2D eigenvalue weighted by Crippen LogP contribution is -2.44. The second-order valence-corrected chi connectivity index (χ2v) is 12.7. The van der Waals surface area contributed by atoms with Crippen molar-refractivity contribution >= 4 is 29.2 Å². The summed E-state index contributed by atoms with van der Waals surface area (Å²) in [5.74, 6) is 0.961. The number of nitro benzene ring substituents is 1. The minimum absolute atomic E-state index is 0.00951. The lowest BCUT2D eigenvalue weighted by Gasteiger charge is -2.33. The van der Waals surface area contributed by atoms with Crippen molar-refractivity contribution in [3.63, 3.8) is 0 Å². The van der Waals surface area contributed by atoms with E-state index >= 15 is 0 Å². The molecule has 3 aromatic carbocycles. The van der Waals surface area contributed by atoms with Crippen LogP contribution in [-0.2, 0) is 16.0 Å². The van der Waals surface area contributed by atoms with E-state index in [4.69, 9.17) is 18.9 Å². The van der Waals surface area contributed by atoms with Crippen molar-refractivity contribution in [2.45, 2.75) is 45.6 Å². The molecule has 1 aliphatic heterocycles. The fourth-order valence-electron chi connectivity index (χ4n) is 5.61. The number of anilines is 1. The number of carbonyl (C=O) groups is 3. The second kappa shape index (κ2) is 16.2. The molecule has 13 nitrogen and oxygen atoms in total. The Hall–Kier alpha value is -5.33. The standard InChI is InChI=1S/C36H44N4O9/c1-36(2,3)49-35(43)39-17-15-23(16-18-39)21-38-32(41)22-37-30-14-13-28(34(42)24-7-10-26(46-4)11-8-24)29(33(30)40(44)45)19-25-9-12-27(47-5)20-31(25)48-6/h7-14,20,23,37H,15-19,21-22H2,1-6H3,(H,38,41). The highest BCUT2D eigenvalue weighted by Gasteiger charge is 2.29. The molecular formula is C36H44N4O9. The third kappa shape index (κ3) is 9.62. The van der Waals surface area contributed by atoms with Crippen molar-refractivity contribution < 1.29 is 38.3 Å². The first kappa shape index (κ1) is 36.5. The zero-order chi connectivity index (χ0) is 35.7. The van der Waals surface area contributed by atoms with E-state index in [0.29, 0.717) is 60.9 Å². The van der Waals surface area contributed by atoms with Crippen LogP contribution in [0.5, 0.6) is 17.2 Å². The van der Waals surface area contributed by atoms with Gasteiger partial charge in [0, 0.05) is 48.8 Å². The van der Waals surface area contributed by atoms with Crippen LogP contribution < -0.4 is 24.8 Å². The number of nitro groups is 1. The maximum atomic E-state index is 13.8. The Morgan fingerprint density at radius 2 is 1.57 bits per heavy atom. The van der Waals surface area contributed by atoms with Gasteiger partial charge in [-0.15, -0.1) is 0 Å². The number of benzene rings is 3. The molecule has 1 aliphatic rings. The number of nitrogens with one attached hydrogen (secondary N) is 2. The molecule has 262 valence electrons. The summed E-state index contributed by atoms with van der Waals surface area (Å²) >= 11 is 0. The lowest BCUT2D eigenvalue weighted by atomic mass is 9.91. The summed E-state index contributed by atoms with van der Waals surface area (Å²) in [6.07, 6.45) is 1.06. The van der Waals surface area contributed by atoms with Crippen LogP contribution in [0.1, 0.15) is 60.7 Å². The molecule has 1 heterocycles. The molecule has 0 radical (unpaired) electrons. The average molecular weight is 677 g/mol. The Balaban J connectivity index is 1.53. The summed E-state index contributed by atoms with van der Waals surface area (Å²) in [6.45, 7) is 6.71. The molecule has 2 amide bonds. The first-order chi connectivity index (χ1) is 23.3. The zero-order valence-corrected chi connectivity index (χ0v) is 28.8. The molecular weight excluding hydrogens is 632 g/mol. The number of ether oxygens (including phenoxy) is 4. The summed E-state index contributed by atoms with van der Waals surface area (Å²) in [5, 5.41) is 18.5. The van der Waals surface area contributed by atoms with Crippen LogP contribution in [0.15, 0.2) is 54.6 Å². The van der Waals surface area contributed by atoms with Gasteiger partial charge >= 0.3 is 6.09 Å². The van der Waals surface area contributed by atoms with Crippen LogP contribution >= 0.6 is 0 Å². The predicted octanol–water partition coefficient (Wildman–Crippen LogP) is 5.62. The highest BCUT2D eigenvalue weighted by Crippen LogP contribution is 2.37. The van der Waals surface area contributed by atoms with E-state index in [0.717, 1.165) is 0 Å². The Kier molecular flexibility index (Phi) is 12.1. The van der Waals surface area contributed by atoms with Gasteiger partial charge < -0.3 is 34.5 Å². The van der Waals surface area contributed by atoms with E-state index in [1.54, 1.807) is 47.4 Å². The van der Waals surface area contributed by atoms with Gasteiger partial charge in [-0.3, -0.25) is 19.7 Å². The fraction of sp³-hybridized carbons (Fsp3) is 0.417. The topological polar surface area (TPSA) is 159 Å². The summed E-state index contributed by atoms with van der Waals surface area (Å²) in [7, 11) is 4.52. The molecule has 0 saturated carbocycles. The van der Waals surface area contributed by atoms with Gasteiger partial charge in [-0.2, -0.15) is 0 Å². The number of nitrogens with zero attached hydrogens (tertiary/aromatic N) is 2. The number of piperidine rings is 1.